The Balaban J connectivity index is 2.07. The highest BCUT2D eigenvalue weighted by atomic mass is 35.5. The first-order valence-electron chi connectivity index (χ1n) is 7.06. The number of halogens is 1. The fourth-order valence-corrected chi connectivity index (χ4v) is 3.23. The van der Waals surface area contributed by atoms with E-state index in [1.54, 1.807) is 6.07 Å². The lowest BCUT2D eigenvalue weighted by atomic mass is 9.77. The number of alkyl halides is 1. The van der Waals surface area contributed by atoms with Crippen molar-refractivity contribution in [3.05, 3.63) is 23.7 Å². The number of carbonyl (C=O) groups is 1. The molecule has 1 amide bonds. The van der Waals surface area contributed by atoms with Crippen LogP contribution < -0.4 is 5.32 Å². The van der Waals surface area contributed by atoms with E-state index in [1.807, 2.05) is 13.0 Å². The minimum Gasteiger partial charge on any atom is -0.456 e. The maximum absolute atomic E-state index is 12.2. The Kier molecular flexibility index (Phi) is 4.56. The summed E-state index contributed by atoms with van der Waals surface area (Å²) in [5, 5.41) is 3.10. The molecule has 0 bridgehead atoms. The molecule has 1 aliphatic carbocycles. The summed E-state index contributed by atoms with van der Waals surface area (Å²) in [5.74, 6) is 2.15. The highest BCUT2D eigenvalue weighted by Gasteiger charge is 2.36. The predicted molar refractivity (Wildman–Crippen MR) is 76.6 cm³/mol. The first kappa shape index (κ1) is 14.4. The van der Waals surface area contributed by atoms with E-state index in [-0.39, 0.29) is 11.4 Å². The quantitative estimate of drug-likeness (QED) is 0.855. The van der Waals surface area contributed by atoms with Crippen LogP contribution in [0.5, 0.6) is 0 Å². The number of hydrogen-bond donors (Lipinski definition) is 1. The molecule has 2 rings (SSSR count). The van der Waals surface area contributed by atoms with Gasteiger partial charge in [0.15, 0.2) is 5.76 Å². The summed E-state index contributed by atoms with van der Waals surface area (Å²) in [5.41, 5.74) is -0.268. The lowest BCUT2D eigenvalue weighted by molar-refractivity contribution is 0.0837. The van der Waals surface area contributed by atoms with Gasteiger partial charge in [0.2, 0.25) is 0 Å². The molecule has 2 atom stereocenters. The fraction of sp³-hybridized carbons (Fsp3) is 0.667. The number of aryl methyl sites for hydroxylation is 1. The number of carbonyl (C=O) groups excluding carboxylic acids is 1. The molecule has 106 valence electrons. The second-order valence-electron chi connectivity index (χ2n) is 5.69. The van der Waals surface area contributed by atoms with Crippen LogP contribution in [0.25, 0.3) is 0 Å². The van der Waals surface area contributed by atoms with Crippen molar-refractivity contribution in [1.29, 1.82) is 0 Å². The molecule has 4 heteroatoms. The van der Waals surface area contributed by atoms with Crippen LogP contribution in [0.4, 0.5) is 0 Å². The Morgan fingerprint density at radius 3 is 2.95 bits per heavy atom. The number of nitrogens with one attached hydrogen (secondary N) is 1. The zero-order valence-corrected chi connectivity index (χ0v) is 12.4. The molecular formula is C15H22ClNO2. The Morgan fingerprint density at radius 1 is 1.58 bits per heavy atom. The van der Waals surface area contributed by atoms with Crippen LogP contribution in [0, 0.1) is 5.92 Å². The van der Waals surface area contributed by atoms with Crippen LogP contribution in [0.2, 0.25) is 0 Å². The minimum absolute atomic E-state index is 0.144. The van der Waals surface area contributed by atoms with Crippen molar-refractivity contribution in [3.63, 3.8) is 0 Å². The monoisotopic (exact) mass is 283 g/mol. The van der Waals surface area contributed by atoms with Gasteiger partial charge in [-0.15, -0.1) is 11.6 Å². The summed E-state index contributed by atoms with van der Waals surface area (Å²) in [4.78, 5) is 12.2. The van der Waals surface area contributed by atoms with Gasteiger partial charge in [-0.25, -0.2) is 0 Å². The van der Waals surface area contributed by atoms with Crippen LogP contribution >= 0.6 is 11.6 Å². The zero-order valence-electron chi connectivity index (χ0n) is 11.7. The van der Waals surface area contributed by atoms with Gasteiger partial charge < -0.3 is 9.73 Å². The number of furan rings is 1. The van der Waals surface area contributed by atoms with Crippen LogP contribution in [-0.2, 0) is 6.42 Å². The van der Waals surface area contributed by atoms with E-state index in [9.17, 15) is 4.79 Å². The van der Waals surface area contributed by atoms with Crippen LogP contribution in [0.15, 0.2) is 16.5 Å². The summed E-state index contributed by atoms with van der Waals surface area (Å²) in [7, 11) is 0. The van der Waals surface area contributed by atoms with E-state index in [0.717, 1.165) is 31.4 Å². The Hall–Kier alpha value is -0.960. The molecule has 0 spiro atoms. The number of hydrogen-bond acceptors (Lipinski definition) is 2. The molecule has 0 saturated heterocycles. The van der Waals surface area contributed by atoms with Crippen molar-refractivity contribution in [1.82, 2.24) is 5.32 Å². The number of rotatable bonds is 4. The van der Waals surface area contributed by atoms with Crippen molar-refractivity contribution in [2.75, 3.05) is 5.88 Å². The van der Waals surface area contributed by atoms with E-state index < -0.39 is 0 Å². The number of amides is 1. The maximum atomic E-state index is 12.2. The minimum atomic E-state index is -0.268. The molecule has 0 radical (unpaired) electrons. The van der Waals surface area contributed by atoms with Gasteiger partial charge in [-0.3, -0.25) is 4.79 Å². The smallest absolute Gasteiger partial charge is 0.287 e. The van der Waals surface area contributed by atoms with Gasteiger partial charge in [-0.1, -0.05) is 26.7 Å². The Morgan fingerprint density at radius 2 is 2.37 bits per heavy atom. The van der Waals surface area contributed by atoms with Crippen molar-refractivity contribution in [2.45, 2.75) is 51.5 Å². The van der Waals surface area contributed by atoms with Crippen molar-refractivity contribution in [2.24, 2.45) is 5.92 Å². The Bertz CT molecular complexity index is 443. The van der Waals surface area contributed by atoms with Crippen molar-refractivity contribution < 1.29 is 9.21 Å². The molecular weight excluding hydrogens is 262 g/mol. The third-order valence-corrected chi connectivity index (χ3v) is 4.47. The molecule has 1 fully saturated rings. The predicted octanol–water partition coefficient (Wildman–Crippen LogP) is 3.76. The second-order valence-corrected chi connectivity index (χ2v) is 5.96. The molecule has 0 aromatic carbocycles. The lowest BCUT2D eigenvalue weighted by Crippen LogP contribution is -2.52. The van der Waals surface area contributed by atoms with Crippen LogP contribution in [0.3, 0.4) is 0 Å². The van der Waals surface area contributed by atoms with E-state index in [0.29, 0.717) is 17.6 Å². The highest BCUT2D eigenvalue weighted by molar-refractivity contribution is 6.18. The average Bonchev–Trinajstić information content (AvgIpc) is 2.87. The SMILES string of the molecule is CCc1ccc(C(=O)NC2(CCl)CCCC(C)C2)o1. The molecule has 1 aromatic rings. The molecule has 0 aliphatic heterocycles. The van der Waals surface area contributed by atoms with Crippen molar-refractivity contribution in [3.8, 4) is 0 Å². The fourth-order valence-electron chi connectivity index (χ4n) is 2.92. The normalized spacial score (nSPS) is 27.2. The van der Waals surface area contributed by atoms with E-state index in [1.165, 1.54) is 6.42 Å². The third-order valence-electron chi connectivity index (χ3n) is 3.96. The molecule has 1 aliphatic rings. The summed E-state index contributed by atoms with van der Waals surface area (Å²) in [6.45, 7) is 4.22. The first-order chi connectivity index (χ1) is 9.08. The summed E-state index contributed by atoms with van der Waals surface area (Å²) in [6, 6.07) is 3.59. The molecule has 19 heavy (non-hydrogen) atoms. The molecule has 1 aromatic heterocycles. The van der Waals surface area contributed by atoms with E-state index in [4.69, 9.17) is 16.0 Å². The summed E-state index contributed by atoms with van der Waals surface area (Å²) in [6.07, 6.45) is 5.03. The molecule has 1 heterocycles. The summed E-state index contributed by atoms with van der Waals surface area (Å²) < 4.78 is 5.50. The summed E-state index contributed by atoms with van der Waals surface area (Å²) >= 11 is 6.12. The second kappa shape index (κ2) is 6.00. The topological polar surface area (TPSA) is 42.2 Å². The molecule has 1 saturated carbocycles. The maximum Gasteiger partial charge on any atom is 0.287 e. The average molecular weight is 284 g/mol. The first-order valence-corrected chi connectivity index (χ1v) is 7.59. The third kappa shape index (κ3) is 3.33. The van der Waals surface area contributed by atoms with Gasteiger partial charge >= 0.3 is 0 Å². The molecule has 3 nitrogen and oxygen atoms in total. The molecule has 1 N–H and O–H groups in total. The standard InChI is InChI=1S/C15H22ClNO2/c1-3-12-6-7-13(19-12)14(18)17-15(10-16)8-4-5-11(2)9-15/h6-7,11H,3-5,8-10H2,1-2H3,(H,17,18). The van der Waals surface area contributed by atoms with Gasteiger partial charge in [0.25, 0.3) is 5.91 Å². The van der Waals surface area contributed by atoms with Gasteiger partial charge in [0.1, 0.15) is 5.76 Å². The van der Waals surface area contributed by atoms with Gasteiger partial charge in [0, 0.05) is 12.3 Å². The zero-order chi connectivity index (χ0) is 13.9. The largest absolute Gasteiger partial charge is 0.456 e. The highest BCUT2D eigenvalue weighted by Crippen LogP contribution is 2.33. The van der Waals surface area contributed by atoms with Gasteiger partial charge in [-0.2, -0.15) is 0 Å². The van der Waals surface area contributed by atoms with Crippen LogP contribution in [-0.4, -0.2) is 17.3 Å². The van der Waals surface area contributed by atoms with Gasteiger partial charge in [-0.05, 0) is 30.9 Å². The van der Waals surface area contributed by atoms with Gasteiger partial charge in [0.05, 0.1) is 5.54 Å². The van der Waals surface area contributed by atoms with Crippen LogP contribution in [0.1, 0.15) is 55.8 Å². The lowest BCUT2D eigenvalue weighted by Gasteiger charge is -2.39. The Labute approximate surface area is 119 Å². The van der Waals surface area contributed by atoms with Crippen molar-refractivity contribution >= 4 is 17.5 Å². The molecule has 2 unspecified atom stereocenters. The van der Waals surface area contributed by atoms with E-state index >= 15 is 0 Å². The van der Waals surface area contributed by atoms with E-state index in [2.05, 4.69) is 12.2 Å².